The van der Waals surface area contributed by atoms with Crippen LogP contribution in [-0.2, 0) is 21.0 Å². The van der Waals surface area contributed by atoms with Crippen molar-refractivity contribution in [2.45, 2.75) is 38.9 Å². The first-order valence-electron chi connectivity index (χ1n) is 7.36. The van der Waals surface area contributed by atoms with Crippen LogP contribution in [0.2, 0.25) is 0 Å². The average Bonchev–Trinajstić information content (AvgIpc) is 2.87. The van der Waals surface area contributed by atoms with E-state index in [1.807, 2.05) is 5.38 Å². The quantitative estimate of drug-likeness (QED) is 0.818. The van der Waals surface area contributed by atoms with Crippen molar-refractivity contribution in [1.82, 2.24) is 4.98 Å². The lowest BCUT2D eigenvalue weighted by molar-refractivity contribution is 0.560. The molecule has 0 atom stereocenters. The van der Waals surface area contributed by atoms with E-state index in [0.29, 0.717) is 10.9 Å². The second kappa shape index (κ2) is 6.13. The van der Waals surface area contributed by atoms with E-state index >= 15 is 0 Å². The zero-order chi connectivity index (χ0) is 16.5. The Hall–Kier alpha value is -1.20. The largest absolute Gasteiger partial charge is 0.240 e. The average molecular weight is 338 g/mol. The predicted molar refractivity (Wildman–Crippen MR) is 94.0 cm³/mol. The van der Waals surface area contributed by atoms with Gasteiger partial charge in [-0.3, -0.25) is 0 Å². The lowest BCUT2D eigenvalue weighted by Gasteiger charge is -2.19. The van der Waals surface area contributed by atoms with Gasteiger partial charge in [-0.15, -0.1) is 11.3 Å². The molecule has 0 amide bonds. The van der Waals surface area contributed by atoms with Crippen LogP contribution >= 0.6 is 11.3 Å². The summed E-state index contributed by atoms with van der Waals surface area (Å²) < 4.78 is 22.9. The van der Waals surface area contributed by atoms with Gasteiger partial charge < -0.3 is 0 Å². The number of hydrogen-bond acceptors (Lipinski definition) is 4. The van der Waals surface area contributed by atoms with Gasteiger partial charge in [0.25, 0.3) is 0 Å². The highest BCUT2D eigenvalue weighted by Gasteiger charge is 2.35. The molecule has 0 unspecified atom stereocenters. The molecule has 0 aliphatic carbocycles. The van der Waals surface area contributed by atoms with Crippen molar-refractivity contribution in [2.75, 3.05) is 6.26 Å². The molecule has 0 spiro atoms. The molecule has 1 heterocycles. The van der Waals surface area contributed by atoms with Crippen molar-refractivity contribution in [3.63, 3.8) is 0 Å². The number of sulfone groups is 1. The molecule has 1 aromatic heterocycles. The minimum absolute atomic E-state index is 0.632. The van der Waals surface area contributed by atoms with Crippen LogP contribution in [0, 0.1) is 5.92 Å². The lowest BCUT2D eigenvalue weighted by atomic mass is 10.0. The minimum atomic E-state index is -3.20. The van der Waals surface area contributed by atoms with E-state index in [2.05, 4.69) is 43.1 Å². The van der Waals surface area contributed by atoms with Gasteiger partial charge in [-0.05, 0) is 31.7 Å². The van der Waals surface area contributed by atoms with Crippen LogP contribution < -0.4 is 0 Å². The molecule has 0 aliphatic rings. The number of nitrogens with zero attached hydrogens (tertiary/aromatic N) is 1. The second-order valence-corrected chi connectivity index (χ2v) is 10.0. The molecule has 1 aromatic carbocycles. The fraction of sp³-hybridized carbons (Fsp3) is 0.471. The van der Waals surface area contributed by atoms with Crippen LogP contribution in [0.4, 0.5) is 0 Å². The highest BCUT2D eigenvalue weighted by Crippen LogP contribution is 2.34. The smallest absolute Gasteiger partial charge is 0.159 e. The van der Waals surface area contributed by atoms with Crippen LogP contribution in [0.1, 0.15) is 38.3 Å². The zero-order valence-electron chi connectivity index (χ0n) is 13.8. The first-order valence-corrected chi connectivity index (χ1v) is 10.1. The van der Waals surface area contributed by atoms with E-state index in [1.165, 1.54) is 23.2 Å². The summed E-state index contributed by atoms with van der Waals surface area (Å²) in [5, 5.41) is 2.57. The van der Waals surface area contributed by atoms with Crippen LogP contribution in [0.15, 0.2) is 29.6 Å². The van der Waals surface area contributed by atoms with E-state index in [0.717, 1.165) is 17.7 Å². The van der Waals surface area contributed by atoms with Gasteiger partial charge in [-0.1, -0.05) is 38.1 Å². The summed E-state index contributed by atoms with van der Waals surface area (Å²) in [5.41, 5.74) is 3.18. The van der Waals surface area contributed by atoms with Gasteiger partial charge in [0.05, 0.1) is 5.69 Å². The van der Waals surface area contributed by atoms with E-state index in [1.54, 1.807) is 13.8 Å². The highest BCUT2D eigenvalue weighted by atomic mass is 32.2. The molecular formula is C17H23NO2S2. The van der Waals surface area contributed by atoms with Crippen molar-refractivity contribution >= 4 is 21.2 Å². The molecule has 0 radical (unpaired) electrons. The van der Waals surface area contributed by atoms with Crippen LogP contribution in [-0.4, -0.2) is 19.7 Å². The standard InChI is InChI=1S/C17H23NO2S2/c1-12(2)10-13-6-8-14(9-7-13)15-11-21-16(18-15)17(3,4)22(5,19)20/h6-9,11-12H,10H2,1-5H3. The number of thiazole rings is 1. The molecule has 5 heteroatoms. The highest BCUT2D eigenvalue weighted by molar-refractivity contribution is 7.91. The molecule has 2 rings (SSSR count). The fourth-order valence-electron chi connectivity index (χ4n) is 2.12. The molecule has 0 saturated heterocycles. The summed E-state index contributed by atoms with van der Waals surface area (Å²) in [7, 11) is -3.20. The fourth-order valence-corrected chi connectivity index (χ4v) is 3.93. The van der Waals surface area contributed by atoms with Crippen molar-refractivity contribution < 1.29 is 8.42 Å². The monoisotopic (exact) mass is 337 g/mol. The Kier molecular flexibility index (Phi) is 4.78. The topological polar surface area (TPSA) is 47.0 Å². The SMILES string of the molecule is CC(C)Cc1ccc(-c2csc(C(C)(C)S(C)(=O)=O)n2)cc1. The maximum absolute atomic E-state index is 11.9. The Morgan fingerprint density at radius 2 is 1.77 bits per heavy atom. The van der Waals surface area contributed by atoms with Crippen LogP contribution in [0.25, 0.3) is 11.3 Å². The Bertz CT molecular complexity index is 741. The summed E-state index contributed by atoms with van der Waals surface area (Å²) in [5.74, 6) is 0.632. The Morgan fingerprint density at radius 1 is 1.18 bits per heavy atom. The zero-order valence-corrected chi connectivity index (χ0v) is 15.4. The third kappa shape index (κ3) is 3.58. The molecule has 0 aliphatic heterocycles. The maximum Gasteiger partial charge on any atom is 0.159 e. The Morgan fingerprint density at radius 3 is 2.27 bits per heavy atom. The summed E-state index contributed by atoms with van der Waals surface area (Å²) in [6.45, 7) is 7.81. The summed E-state index contributed by atoms with van der Waals surface area (Å²) in [6, 6.07) is 8.36. The van der Waals surface area contributed by atoms with Gasteiger partial charge >= 0.3 is 0 Å². The molecule has 3 nitrogen and oxygen atoms in total. The lowest BCUT2D eigenvalue weighted by Crippen LogP contribution is -2.27. The molecule has 120 valence electrons. The minimum Gasteiger partial charge on any atom is -0.240 e. The Labute approximate surface area is 137 Å². The third-order valence-electron chi connectivity index (χ3n) is 3.84. The molecule has 0 bridgehead atoms. The van der Waals surface area contributed by atoms with Crippen LogP contribution in [0.3, 0.4) is 0 Å². The maximum atomic E-state index is 11.9. The first kappa shape index (κ1) is 17.2. The summed E-state index contributed by atoms with van der Waals surface area (Å²) >= 11 is 1.40. The number of hydrogen-bond donors (Lipinski definition) is 0. The van der Waals surface area contributed by atoms with Gasteiger partial charge in [0.2, 0.25) is 0 Å². The van der Waals surface area contributed by atoms with E-state index in [4.69, 9.17) is 0 Å². The molecule has 22 heavy (non-hydrogen) atoms. The van der Waals surface area contributed by atoms with Gasteiger partial charge in [0, 0.05) is 17.2 Å². The summed E-state index contributed by atoms with van der Waals surface area (Å²) in [6.07, 6.45) is 2.32. The molecule has 0 N–H and O–H groups in total. The van der Waals surface area contributed by atoms with Crippen LogP contribution in [0.5, 0.6) is 0 Å². The van der Waals surface area contributed by atoms with Crippen molar-refractivity contribution in [3.8, 4) is 11.3 Å². The van der Waals surface area contributed by atoms with E-state index in [-0.39, 0.29) is 0 Å². The number of rotatable bonds is 5. The normalized spacial score (nSPS) is 12.8. The van der Waals surface area contributed by atoms with Gasteiger partial charge in [-0.25, -0.2) is 13.4 Å². The molecule has 2 aromatic rings. The number of benzene rings is 1. The Balaban J connectivity index is 2.29. The van der Waals surface area contributed by atoms with E-state index < -0.39 is 14.6 Å². The summed E-state index contributed by atoms with van der Waals surface area (Å²) in [4.78, 5) is 4.55. The number of aromatic nitrogens is 1. The van der Waals surface area contributed by atoms with Gasteiger partial charge in [-0.2, -0.15) is 0 Å². The predicted octanol–water partition coefficient (Wildman–Crippen LogP) is 4.29. The van der Waals surface area contributed by atoms with Gasteiger partial charge in [0.15, 0.2) is 9.84 Å². The van der Waals surface area contributed by atoms with Gasteiger partial charge in [0.1, 0.15) is 9.75 Å². The molecule has 0 saturated carbocycles. The van der Waals surface area contributed by atoms with Crippen molar-refractivity contribution in [2.24, 2.45) is 5.92 Å². The second-order valence-electron chi connectivity index (χ2n) is 6.62. The van der Waals surface area contributed by atoms with Crippen molar-refractivity contribution in [1.29, 1.82) is 0 Å². The van der Waals surface area contributed by atoms with E-state index in [9.17, 15) is 8.42 Å². The van der Waals surface area contributed by atoms with Crippen molar-refractivity contribution in [3.05, 3.63) is 40.2 Å². The first-order chi connectivity index (χ1) is 10.1. The molecular weight excluding hydrogens is 314 g/mol. The molecule has 0 fully saturated rings. The third-order valence-corrected chi connectivity index (χ3v) is 7.18.